The number of hydrogen-bond donors (Lipinski definition) is 3. The van der Waals surface area contributed by atoms with Crippen LogP contribution >= 0.6 is 11.6 Å². The number of H-pyrrole nitrogens is 1. The van der Waals surface area contributed by atoms with E-state index in [1.165, 1.54) is 19.2 Å². The highest BCUT2D eigenvalue weighted by atomic mass is 35.5. The lowest BCUT2D eigenvalue weighted by molar-refractivity contribution is 0.100. The number of aromatic amines is 1. The van der Waals surface area contributed by atoms with Gasteiger partial charge in [-0.25, -0.2) is 17.8 Å². The van der Waals surface area contributed by atoms with Crippen molar-refractivity contribution >= 4 is 55.7 Å². The zero-order valence-electron chi connectivity index (χ0n) is 16.0. The Hall–Kier alpha value is -2.98. The first kappa shape index (κ1) is 21.7. The summed E-state index contributed by atoms with van der Waals surface area (Å²) in [5, 5.41) is 2.88. The summed E-state index contributed by atoms with van der Waals surface area (Å²) in [5.74, 6) is -2.33. The van der Waals surface area contributed by atoms with Gasteiger partial charge < -0.3 is 10.3 Å². The number of nitrogens with one attached hydrogen (secondary N) is 3. The zero-order valence-corrected chi connectivity index (χ0v) is 17.6. The van der Waals surface area contributed by atoms with Crippen LogP contribution in [0.4, 0.5) is 15.8 Å². The van der Waals surface area contributed by atoms with E-state index < -0.39 is 27.3 Å². The number of fused-ring (bicyclic) bond motifs is 1. The summed E-state index contributed by atoms with van der Waals surface area (Å²) >= 11 is 5.99. The molecule has 0 saturated carbocycles. The number of ketones is 1. The van der Waals surface area contributed by atoms with E-state index >= 15 is 0 Å². The van der Waals surface area contributed by atoms with E-state index in [2.05, 4.69) is 20.0 Å². The van der Waals surface area contributed by atoms with E-state index in [9.17, 15) is 22.4 Å². The van der Waals surface area contributed by atoms with Gasteiger partial charge in [0.25, 0.3) is 5.91 Å². The molecule has 3 rings (SSSR count). The second-order valence-corrected chi connectivity index (χ2v) is 8.81. The Morgan fingerprint density at radius 2 is 2.00 bits per heavy atom. The van der Waals surface area contributed by atoms with Crippen molar-refractivity contribution in [3.05, 3.63) is 52.6 Å². The number of pyridine rings is 1. The van der Waals surface area contributed by atoms with E-state index in [4.69, 9.17) is 11.6 Å². The number of aromatic nitrogens is 2. The molecule has 158 valence electrons. The van der Waals surface area contributed by atoms with Crippen LogP contribution in [0.15, 0.2) is 30.5 Å². The first-order valence-corrected chi connectivity index (χ1v) is 10.9. The molecule has 0 spiro atoms. The number of benzene rings is 1. The van der Waals surface area contributed by atoms with Crippen LogP contribution in [-0.4, -0.2) is 35.8 Å². The quantitative estimate of drug-likeness (QED) is 0.468. The average molecular weight is 453 g/mol. The van der Waals surface area contributed by atoms with E-state index in [-0.39, 0.29) is 27.9 Å². The molecule has 0 fully saturated rings. The third-order valence-electron chi connectivity index (χ3n) is 4.16. The highest BCUT2D eigenvalue weighted by molar-refractivity contribution is 7.92. The monoisotopic (exact) mass is 452 g/mol. The van der Waals surface area contributed by atoms with Crippen LogP contribution in [-0.2, 0) is 10.0 Å². The number of amides is 1. The maximum atomic E-state index is 14.9. The maximum Gasteiger partial charge on any atom is 0.260 e. The fourth-order valence-corrected chi connectivity index (χ4v) is 4.16. The molecular weight excluding hydrogens is 435 g/mol. The van der Waals surface area contributed by atoms with Crippen LogP contribution in [0.2, 0.25) is 5.02 Å². The van der Waals surface area contributed by atoms with Gasteiger partial charge >= 0.3 is 0 Å². The molecule has 3 aromatic rings. The van der Waals surface area contributed by atoms with Gasteiger partial charge in [-0.15, -0.1) is 0 Å². The average Bonchev–Trinajstić information content (AvgIpc) is 3.08. The minimum Gasteiger partial charge on any atom is -0.337 e. The van der Waals surface area contributed by atoms with E-state index in [1.54, 1.807) is 19.1 Å². The second kappa shape index (κ2) is 8.41. The molecule has 0 bridgehead atoms. The summed E-state index contributed by atoms with van der Waals surface area (Å²) in [7, 11) is -3.76. The molecule has 30 heavy (non-hydrogen) atoms. The molecule has 8 nitrogen and oxygen atoms in total. The number of carbonyl (C=O) groups excluding carboxylic acids is 2. The molecule has 0 aliphatic rings. The second-order valence-electron chi connectivity index (χ2n) is 6.56. The van der Waals surface area contributed by atoms with Crippen molar-refractivity contribution in [2.75, 3.05) is 15.8 Å². The van der Waals surface area contributed by atoms with E-state index in [1.807, 2.05) is 0 Å². The van der Waals surface area contributed by atoms with Crippen LogP contribution in [0.3, 0.4) is 0 Å². The van der Waals surface area contributed by atoms with Gasteiger partial charge in [0.15, 0.2) is 11.6 Å². The van der Waals surface area contributed by atoms with Crippen molar-refractivity contribution in [1.29, 1.82) is 0 Å². The highest BCUT2D eigenvalue weighted by Crippen LogP contribution is 2.28. The van der Waals surface area contributed by atoms with Crippen LogP contribution in [0.5, 0.6) is 0 Å². The first-order valence-electron chi connectivity index (χ1n) is 8.91. The van der Waals surface area contributed by atoms with Gasteiger partial charge in [0.2, 0.25) is 10.0 Å². The van der Waals surface area contributed by atoms with Crippen LogP contribution in [0, 0.1) is 5.82 Å². The van der Waals surface area contributed by atoms with Crippen molar-refractivity contribution in [3.8, 4) is 0 Å². The van der Waals surface area contributed by atoms with Crippen LogP contribution in [0.1, 0.15) is 41.1 Å². The SMILES string of the molecule is CCCS(=O)(=O)Nc1ccc(Cl)c(C(=O)Nc2cnc3[nH]c(C(C)=O)cc3c2)c1F. The molecule has 0 atom stereocenters. The third-order valence-corrected chi connectivity index (χ3v) is 5.96. The molecule has 0 saturated heterocycles. The van der Waals surface area contributed by atoms with Gasteiger partial charge in [0.05, 0.1) is 39.6 Å². The normalized spacial score (nSPS) is 11.5. The summed E-state index contributed by atoms with van der Waals surface area (Å²) in [4.78, 5) is 31.1. The third kappa shape index (κ3) is 4.60. The Labute approximate surface area is 176 Å². The van der Waals surface area contributed by atoms with Gasteiger partial charge in [0.1, 0.15) is 5.65 Å². The Balaban J connectivity index is 1.90. The Kier molecular flexibility index (Phi) is 6.09. The zero-order chi connectivity index (χ0) is 22.1. The molecule has 0 unspecified atom stereocenters. The number of carbonyl (C=O) groups is 2. The first-order chi connectivity index (χ1) is 14.1. The van der Waals surface area contributed by atoms with Gasteiger partial charge in [-0.3, -0.25) is 14.3 Å². The molecule has 2 aromatic heterocycles. The molecule has 1 amide bonds. The number of anilines is 2. The maximum absolute atomic E-state index is 14.9. The molecule has 2 heterocycles. The summed E-state index contributed by atoms with van der Waals surface area (Å²) in [6.45, 7) is 3.07. The summed E-state index contributed by atoms with van der Waals surface area (Å²) < 4.78 is 40.9. The van der Waals surface area contributed by atoms with Crippen LogP contribution in [0.25, 0.3) is 11.0 Å². The molecule has 1 aromatic carbocycles. The summed E-state index contributed by atoms with van der Waals surface area (Å²) in [6.07, 6.45) is 1.68. The van der Waals surface area contributed by atoms with Gasteiger partial charge in [-0.2, -0.15) is 0 Å². The lowest BCUT2D eigenvalue weighted by atomic mass is 10.1. The highest BCUT2D eigenvalue weighted by Gasteiger charge is 2.22. The number of Topliss-reactive ketones (excluding diaryl/α,β-unsaturated/α-hetero) is 1. The fraction of sp³-hybridized carbons (Fsp3) is 0.211. The minimum atomic E-state index is -3.76. The predicted molar refractivity (Wildman–Crippen MR) is 113 cm³/mol. The molecule has 11 heteroatoms. The number of sulfonamides is 1. The Morgan fingerprint density at radius 1 is 1.27 bits per heavy atom. The smallest absolute Gasteiger partial charge is 0.260 e. The van der Waals surface area contributed by atoms with Crippen molar-refractivity contribution < 1.29 is 22.4 Å². The van der Waals surface area contributed by atoms with Crippen molar-refractivity contribution in [3.63, 3.8) is 0 Å². The van der Waals surface area contributed by atoms with Gasteiger partial charge in [-0.05, 0) is 30.7 Å². The van der Waals surface area contributed by atoms with Crippen molar-refractivity contribution in [2.45, 2.75) is 20.3 Å². The van der Waals surface area contributed by atoms with Crippen molar-refractivity contribution in [1.82, 2.24) is 9.97 Å². The van der Waals surface area contributed by atoms with Crippen LogP contribution < -0.4 is 10.0 Å². The molecular formula is C19H18ClFN4O4S. The summed E-state index contributed by atoms with van der Waals surface area (Å²) in [6, 6.07) is 5.52. The lowest BCUT2D eigenvalue weighted by Gasteiger charge is -2.12. The topological polar surface area (TPSA) is 121 Å². The largest absolute Gasteiger partial charge is 0.337 e. The van der Waals surface area contributed by atoms with E-state index in [0.717, 1.165) is 6.07 Å². The molecule has 0 radical (unpaired) electrons. The minimum absolute atomic E-state index is 0.172. The van der Waals surface area contributed by atoms with E-state index in [0.29, 0.717) is 23.1 Å². The van der Waals surface area contributed by atoms with Crippen molar-refractivity contribution in [2.24, 2.45) is 0 Å². The molecule has 0 aliphatic carbocycles. The fourth-order valence-electron chi connectivity index (χ4n) is 2.79. The Morgan fingerprint density at radius 3 is 2.67 bits per heavy atom. The Bertz CT molecular complexity index is 1260. The predicted octanol–water partition coefficient (Wildman–Crippen LogP) is 3.96. The summed E-state index contributed by atoms with van der Waals surface area (Å²) in [5.41, 5.74) is 0.182. The number of halogens is 2. The number of rotatable bonds is 7. The molecule has 3 N–H and O–H groups in total. The standard InChI is InChI=1S/C19H18ClFN4O4S/c1-3-6-30(28,29)25-14-5-4-13(20)16(17(14)21)19(27)23-12-7-11-8-15(10(2)26)24-18(11)22-9-12/h4-5,7-9,25H,3,6H2,1-2H3,(H,22,24)(H,23,27). The lowest BCUT2D eigenvalue weighted by Crippen LogP contribution is -2.20. The van der Waals surface area contributed by atoms with Gasteiger partial charge in [0, 0.05) is 12.3 Å². The number of hydrogen-bond acceptors (Lipinski definition) is 5. The molecule has 0 aliphatic heterocycles. The van der Waals surface area contributed by atoms with Gasteiger partial charge in [-0.1, -0.05) is 18.5 Å². The number of nitrogens with zero attached hydrogens (tertiary/aromatic N) is 1.